The van der Waals surface area contributed by atoms with Gasteiger partial charge in [-0.3, -0.25) is 14.5 Å². The molecule has 1 N–H and O–H groups in total. The molecule has 10 nitrogen and oxygen atoms in total. The summed E-state index contributed by atoms with van der Waals surface area (Å²) in [5, 5.41) is 10.6. The number of amides is 3. The van der Waals surface area contributed by atoms with Gasteiger partial charge in [-0.1, -0.05) is 29.5 Å². The number of hydrogen-bond acceptors (Lipinski definition) is 6. The van der Waals surface area contributed by atoms with Crippen LogP contribution in [0.1, 0.15) is 24.1 Å². The Morgan fingerprint density at radius 2 is 2.03 bits per heavy atom. The minimum absolute atomic E-state index is 0.0806. The third kappa shape index (κ3) is 5.88. The number of rotatable bonds is 8. The third-order valence-electron chi connectivity index (χ3n) is 6.08. The number of hydrogen-bond donors (Lipinski definition) is 1. The van der Waals surface area contributed by atoms with E-state index in [2.05, 4.69) is 27.8 Å². The Morgan fingerprint density at radius 1 is 1.19 bits per heavy atom. The van der Waals surface area contributed by atoms with Crippen LogP contribution in [-0.2, 0) is 17.9 Å². The Kier molecular flexibility index (Phi) is 7.94. The lowest BCUT2D eigenvalue weighted by Crippen LogP contribution is -2.36. The molecule has 0 unspecified atom stereocenters. The van der Waals surface area contributed by atoms with E-state index in [1.165, 1.54) is 4.90 Å². The van der Waals surface area contributed by atoms with Crippen LogP contribution in [-0.4, -0.2) is 76.0 Å². The minimum Gasteiger partial charge on any atom is -0.496 e. The second kappa shape index (κ2) is 11.5. The zero-order chi connectivity index (χ0) is 25.5. The lowest BCUT2D eigenvalue weighted by molar-refractivity contribution is -0.131. The molecule has 0 fully saturated rings. The van der Waals surface area contributed by atoms with E-state index in [9.17, 15) is 9.59 Å². The van der Waals surface area contributed by atoms with Crippen LogP contribution in [0.25, 0.3) is 16.7 Å². The van der Waals surface area contributed by atoms with E-state index in [4.69, 9.17) is 9.72 Å². The number of pyridine rings is 1. The predicted octanol–water partition coefficient (Wildman–Crippen LogP) is 2.83. The number of benzene rings is 1. The molecule has 188 valence electrons. The van der Waals surface area contributed by atoms with Crippen molar-refractivity contribution in [2.24, 2.45) is 0 Å². The fourth-order valence-corrected chi connectivity index (χ4v) is 4.11. The van der Waals surface area contributed by atoms with Gasteiger partial charge in [0.2, 0.25) is 5.91 Å². The fraction of sp³-hybridized carbons (Fsp3) is 0.346. The normalized spacial score (nSPS) is 13.2. The molecule has 1 aromatic carbocycles. The molecule has 1 aliphatic rings. The first kappa shape index (κ1) is 24.9. The molecule has 0 saturated carbocycles. The Balaban J connectivity index is 1.57. The van der Waals surface area contributed by atoms with Crippen molar-refractivity contribution in [1.82, 2.24) is 35.1 Å². The van der Waals surface area contributed by atoms with Crippen LogP contribution in [0.2, 0.25) is 0 Å². The average molecular weight is 490 g/mol. The number of para-hydroxylation sites is 1. The molecule has 0 aliphatic carbocycles. The van der Waals surface area contributed by atoms with Gasteiger partial charge in [0.1, 0.15) is 5.75 Å². The Bertz CT molecular complexity index is 1240. The van der Waals surface area contributed by atoms with Crippen LogP contribution in [0.3, 0.4) is 0 Å². The van der Waals surface area contributed by atoms with Gasteiger partial charge in [0.15, 0.2) is 0 Å². The highest BCUT2D eigenvalue weighted by Crippen LogP contribution is 2.34. The van der Waals surface area contributed by atoms with E-state index < -0.39 is 0 Å². The van der Waals surface area contributed by atoms with Crippen LogP contribution in [0.15, 0.2) is 55.0 Å². The maximum Gasteiger partial charge on any atom is 0.317 e. The van der Waals surface area contributed by atoms with Crippen LogP contribution in [0.5, 0.6) is 5.75 Å². The molecule has 0 spiro atoms. The number of urea groups is 1. The Morgan fingerprint density at radius 3 is 2.78 bits per heavy atom. The smallest absolute Gasteiger partial charge is 0.317 e. The quantitative estimate of drug-likeness (QED) is 0.522. The summed E-state index contributed by atoms with van der Waals surface area (Å²) < 4.78 is 7.27. The van der Waals surface area contributed by atoms with Gasteiger partial charge in [-0.25, -0.2) is 4.79 Å². The van der Waals surface area contributed by atoms with E-state index in [1.54, 1.807) is 38.3 Å². The summed E-state index contributed by atoms with van der Waals surface area (Å²) in [6, 6.07) is 9.62. The molecule has 10 heteroatoms. The summed E-state index contributed by atoms with van der Waals surface area (Å²) in [6.45, 7) is 1.97. The molecule has 0 bridgehead atoms. The van der Waals surface area contributed by atoms with Crippen LogP contribution >= 0.6 is 0 Å². The summed E-state index contributed by atoms with van der Waals surface area (Å²) >= 11 is 0. The number of ether oxygens (including phenoxy) is 1. The van der Waals surface area contributed by atoms with Crippen molar-refractivity contribution in [1.29, 1.82) is 0 Å². The van der Waals surface area contributed by atoms with Gasteiger partial charge in [-0.05, 0) is 29.7 Å². The number of carbonyl (C=O) groups excluding carboxylic acids is 2. The number of methoxy groups -OCH3 is 1. The third-order valence-corrected chi connectivity index (χ3v) is 6.08. The van der Waals surface area contributed by atoms with Crippen molar-refractivity contribution in [2.75, 3.05) is 34.3 Å². The average Bonchev–Trinajstić information content (AvgIpc) is 3.44. The van der Waals surface area contributed by atoms with Gasteiger partial charge in [-0.15, -0.1) is 5.10 Å². The highest BCUT2D eigenvalue weighted by Gasteiger charge is 2.21. The maximum atomic E-state index is 12.9. The first-order valence-corrected chi connectivity index (χ1v) is 11.8. The van der Waals surface area contributed by atoms with Crippen molar-refractivity contribution < 1.29 is 14.3 Å². The monoisotopic (exact) mass is 489 g/mol. The largest absolute Gasteiger partial charge is 0.496 e. The molecule has 3 heterocycles. The predicted molar refractivity (Wildman–Crippen MR) is 136 cm³/mol. The summed E-state index contributed by atoms with van der Waals surface area (Å²) in [5.41, 5.74) is 4.48. The second-order valence-corrected chi connectivity index (χ2v) is 8.72. The first-order chi connectivity index (χ1) is 17.5. The van der Waals surface area contributed by atoms with E-state index in [0.29, 0.717) is 26.1 Å². The minimum atomic E-state index is -0.193. The zero-order valence-electron chi connectivity index (χ0n) is 20.8. The highest BCUT2D eigenvalue weighted by molar-refractivity contribution is 5.82. The molecule has 4 rings (SSSR count). The summed E-state index contributed by atoms with van der Waals surface area (Å²) in [6.07, 6.45) is 8.47. The number of aryl methyl sites for hydroxylation is 1. The van der Waals surface area contributed by atoms with Crippen molar-refractivity contribution in [2.45, 2.75) is 25.9 Å². The van der Waals surface area contributed by atoms with E-state index >= 15 is 0 Å². The van der Waals surface area contributed by atoms with Gasteiger partial charge in [0.25, 0.3) is 0 Å². The van der Waals surface area contributed by atoms with Crippen molar-refractivity contribution in [3.05, 3.63) is 66.3 Å². The highest BCUT2D eigenvalue weighted by atomic mass is 16.5. The summed E-state index contributed by atoms with van der Waals surface area (Å²) in [5.74, 6) is 0.802. The number of nitrogens with zero attached hydrogens (tertiary/aromatic N) is 6. The van der Waals surface area contributed by atoms with Crippen molar-refractivity contribution in [3.63, 3.8) is 0 Å². The Labute approximate surface area is 210 Å². The van der Waals surface area contributed by atoms with E-state index in [1.807, 2.05) is 35.4 Å². The first-order valence-electron chi connectivity index (χ1n) is 11.8. The molecule has 2 aromatic heterocycles. The molecule has 3 amide bonds. The fourth-order valence-electron chi connectivity index (χ4n) is 4.11. The molecular weight excluding hydrogens is 458 g/mol. The van der Waals surface area contributed by atoms with Crippen molar-refractivity contribution >= 4 is 17.5 Å². The lowest BCUT2D eigenvalue weighted by Gasteiger charge is -2.28. The van der Waals surface area contributed by atoms with Gasteiger partial charge in [0.05, 0.1) is 32.1 Å². The summed E-state index contributed by atoms with van der Waals surface area (Å²) in [4.78, 5) is 33.1. The van der Waals surface area contributed by atoms with Gasteiger partial charge >= 0.3 is 6.03 Å². The number of carbonyl (C=O) groups is 2. The van der Waals surface area contributed by atoms with E-state index in [-0.39, 0.29) is 18.5 Å². The van der Waals surface area contributed by atoms with Crippen molar-refractivity contribution in [3.8, 4) is 16.9 Å². The molecule has 0 saturated heterocycles. The Hall–Kier alpha value is -4.21. The van der Waals surface area contributed by atoms with Crippen LogP contribution in [0, 0.1) is 0 Å². The lowest BCUT2D eigenvalue weighted by atomic mass is 9.96. The molecule has 1 aliphatic heterocycles. The molecule has 0 radical (unpaired) electrons. The van der Waals surface area contributed by atoms with Gasteiger partial charge in [0, 0.05) is 57.1 Å². The van der Waals surface area contributed by atoms with Gasteiger partial charge < -0.3 is 19.9 Å². The maximum absolute atomic E-state index is 12.9. The van der Waals surface area contributed by atoms with Gasteiger partial charge in [-0.2, -0.15) is 0 Å². The number of aromatic nitrogens is 4. The summed E-state index contributed by atoms with van der Waals surface area (Å²) in [7, 11) is 5.03. The molecule has 0 atom stereocenters. The number of nitrogens with one attached hydrogen (secondary N) is 1. The standard InChI is InChI=1S/C26H31N7O3/c1-31(2)26(35)28-17-23-22(21-8-4-5-9-24(21)36-3)15-20(16-27-23)19-7-6-12-32(18-19)25(34)10-13-33-14-11-29-30-33/h4-5,7-9,11,14-16H,6,10,12-13,17-18H2,1-3H3,(H,28,35). The second-order valence-electron chi connectivity index (χ2n) is 8.72. The molecular formula is C26H31N7O3. The van der Waals surface area contributed by atoms with Crippen LogP contribution in [0.4, 0.5) is 4.79 Å². The SMILES string of the molecule is COc1ccccc1-c1cc(C2=CCCN(C(=O)CCn3ccnn3)C2)cnc1CNC(=O)N(C)C. The van der Waals surface area contributed by atoms with Crippen LogP contribution < -0.4 is 10.1 Å². The molecule has 3 aromatic rings. The van der Waals surface area contributed by atoms with E-state index in [0.717, 1.165) is 40.1 Å². The topological polar surface area (TPSA) is 105 Å². The zero-order valence-corrected chi connectivity index (χ0v) is 20.8. The molecule has 36 heavy (non-hydrogen) atoms.